The van der Waals surface area contributed by atoms with E-state index in [1.165, 1.54) is 0 Å². The van der Waals surface area contributed by atoms with E-state index in [2.05, 4.69) is 6.92 Å². The van der Waals surface area contributed by atoms with E-state index in [9.17, 15) is 24.9 Å². The van der Waals surface area contributed by atoms with Gasteiger partial charge in [0.15, 0.2) is 23.5 Å². The molecule has 1 saturated heterocycles. The van der Waals surface area contributed by atoms with Gasteiger partial charge in [-0.1, -0.05) is 49.2 Å². The van der Waals surface area contributed by atoms with Gasteiger partial charge in [0.05, 0.1) is 18.8 Å². The monoisotopic (exact) mass is 607 g/mol. The van der Waals surface area contributed by atoms with Gasteiger partial charge in [-0.15, -0.1) is 0 Å². The van der Waals surface area contributed by atoms with E-state index in [1.807, 2.05) is 54.2 Å². The first-order chi connectivity index (χ1) is 20.5. The van der Waals surface area contributed by atoms with Gasteiger partial charge < -0.3 is 29.4 Å². The molecule has 1 aromatic carbocycles. The van der Waals surface area contributed by atoms with Gasteiger partial charge >= 0.3 is 0 Å². The van der Waals surface area contributed by atoms with Gasteiger partial charge in [-0.05, 0) is 72.9 Å². The summed E-state index contributed by atoms with van der Waals surface area (Å²) in [5, 5.41) is 32.0. The number of nitrogens with zero attached hydrogens (tertiary/aromatic N) is 1. The summed E-state index contributed by atoms with van der Waals surface area (Å²) >= 11 is 6.29. The first-order valence-electron chi connectivity index (χ1n) is 15.2. The molecule has 9 atom stereocenters. The molecule has 43 heavy (non-hydrogen) atoms. The lowest BCUT2D eigenvalue weighted by atomic mass is 9.46. The Labute approximate surface area is 255 Å². The molecule has 0 amide bonds. The molecule has 3 N–H and O–H groups in total. The van der Waals surface area contributed by atoms with Crippen LogP contribution in [0.5, 0.6) is 0 Å². The summed E-state index contributed by atoms with van der Waals surface area (Å²) < 4.78 is 15.2. The number of carbonyl (C=O) groups is 2. The van der Waals surface area contributed by atoms with Crippen LogP contribution in [0, 0.1) is 28.6 Å². The number of hydrogen-bond donors (Lipinski definition) is 3. The summed E-state index contributed by atoms with van der Waals surface area (Å²) in [4.78, 5) is 25.9. The summed E-state index contributed by atoms with van der Waals surface area (Å²) in [5.74, 6) is -0.338. The fourth-order valence-electron chi connectivity index (χ4n) is 9.56. The zero-order valence-electron chi connectivity index (χ0n) is 24.4. The fourth-order valence-corrected chi connectivity index (χ4v) is 9.82. The molecule has 4 aliphatic carbocycles. The second-order valence-electron chi connectivity index (χ2n) is 13.5. The maximum absolute atomic E-state index is 13.7. The van der Waals surface area contributed by atoms with Crippen molar-refractivity contribution >= 4 is 23.2 Å². The van der Waals surface area contributed by atoms with Crippen LogP contribution in [0.2, 0.25) is 5.02 Å². The van der Waals surface area contributed by atoms with Crippen LogP contribution >= 0.6 is 11.6 Å². The van der Waals surface area contributed by atoms with Gasteiger partial charge in [0, 0.05) is 46.3 Å². The summed E-state index contributed by atoms with van der Waals surface area (Å²) in [6.45, 7) is 3.92. The molecule has 0 spiro atoms. The molecular formula is C34H38ClNO7. The molecular weight excluding hydrogens is 570 g/mol. The number of hydrogen-bond acceptors (Lipinski definition) is 7. The fraction of sp³-hybridized carbons (Fsp3) is 0.529. The Morgan fingerprint density at radius 3 is 2.77 bits per heavy atom. The van der Waals surface area contributed by atoms with Crippen LogP contribution in [0.3, 0.4) is 0 Å². The summed E-state index contributed by atoms with van der Waals surface area (Å²) in [6.07, 6.45) is 9.63. The third-order valence-electron chi connectivity index (χ3n) is 11.5. The highest BCUT2D eigenvalue weighted by atomic mass is 35.5. The van der Waals surface area contributed by atoms with E-state index in [4.69, 9.17) is 21.1 Å². The van der Waals surface area contributed by atoms with E-state index in [1.54, 1.807) is 12.2 Å². The average molecular weight is 608 g/mol. The van der Waals surface area contributed by atoms with Crippen LogP contribution in [0.4, 0.5) is 0 Å². The number of Topliss-reactive ketones (excluding diaryl/α,β-unsaturated/α-hetero) is 1. The normalized spacial score (nSPS) is 39.6. The van der Waals surface area contributed by atoms with Crippen LogP contribution in [0.25, 0.3) is 0 Å². The Bertz CT molecular complexity index is 1550. The lowest BCUT2D eigenvalue weighted by molar-refractivity contribution is -0.201. The van der Waals surface area contributed by atoms with Crippen LogP contribution < -0.4 is 0 Å². The molecule has 3 saturated carbocycles. The molecule has 0 bridgehead atoms. The molecule has 1 aliphatic heterocycles. The van der Waals surface area contributed by atoms with E-state index < -0.39 is 47.3 Å². The smallest absolute Gasteiger partial charge is 0.193 e. The highest BCUT2D eigenvalue weighted by Crippen LogP contribution is 2.70. The van der Waals surface area contributed by atoms with Crippen molar-refractivity contribution in [2.75, 3.05) is 6.61 Å². The summed E-state index contributed by atoms with van der Waals surface area (Å²) in [5.41, 5.74) is 0.946. The second kappa shape index (κ2) is 10.2. The lowest BCUT2D eigenvalue weighted by Gasteiger charge is -2.59. The van der Waals surface area contributed by atoms with E-state index in [0.29, 0.717) is 30.0 Å². The molecule has 5 aliphatic rings. The van der Waals surface area contributed by atoms with Crippen molar-refractivity contribution in [1.82, 2.24) is 4.57 Å². The van der Waals surface area contributed by atoms with Crippen LogP contribution in [0.15, 0.2) is 60.5 Å². The van der Waals surface area contributed by atoms with Crippen molar-refractivity contribution in [3.05, 3.63) is 82.2 Å². The predicted molar refractivity (Wildman–Crippen MR) is 158 cm³/mol. The quantitative estimate of drug-likeness (QED) is 0.448. The molecule has 7 rings (SSSR count). The number of ether oxygens (including phenoxy) is 2. The van der Waals surface area contributed by atoms with Gasteiger partial charge in [-0.2, -0.15) is 0 Å². The number of aliphatic hydroxyl groups is 3. The number of aromatic nitrogens is 1. The van der Waals surface area contributed by atoms with E-state index >= 15 is 0 Å². The van der Waals surface area contributed by atoms with Crippen molar-refractivity contribution in [2.24, 2.45) is 28.6 Å². The Morgan fingerprint density at radius 2 is 2.02 bits per heavy atom. The lowest BCUT2D eigenvalue weighted by Crippen LogP contribution is -2.63. The number of allylic oxidation sites excluding steroid dienone is 4. The minimum Gasteiger partial charge on any atom is -0.393 e. The number of halogens is 1. The van der Waals surface area contributed by atoms with Crippen molar-refractivity contribution in [3.8, 4) is 0 Å². The van der Waals surface area contributed by atoms with Gasteiger partial charge in [0.1, 0.15) is 6.61 Å². The molecule has 8 nitrogen and oxygen atoms in total. The van der Waals surface area contributed by atoms with Crippen molar-refractivity contribution in [3.63, 3.8) is 0 Å². The molecule has 228 valence electrons. The van der Waals surface area contributed by atoms with Gasteiger partial charge in [0.2, 0.25) is 0 Å². The van der Waals surface area contributed by atoms with Crippen molar-refractivity contribution < 1.29 is 34.4 Å². The Balaban J connectivity index is 1.17. The topological polar surface area (TPSA) is 118 Å². The third kappa shape index (κ3) is 4.14. The number of aliphatic hydroxyl groups excluding tert-OH is 3. The Kier molecular flexibility index (Phi) is 6.93. The zero-order chi connectivity index (χ0) is 30.3. The third-order valence-corrected chi connectivity index (χ3v) is 11.8. The number of benzene rings is 1. The van der Waals surface area contributed by atoms with Crippen molar-refractivity contribution in [2.45, 2.75) is 76.8 Å². The SMILES string of the molecule is C[C@]12C=CC(=O)C=C1CC[C@@H]1[C@@H]2[C@@H](O)C[C@@]2(C)[C@H]1C[C@H]1O[C@@H](c3ccn(Cc4ccc(CO)c(Cl)c4)c3)O[C@]12C(=O)CO. The zero-order valence-corrected chi connectivity index (χ0v) is 25.2. The minimum absolute atomic E-state index is 0.00553. The maximum atomic E-state index is 13.7. The Morgan fingerprint density at radius 1 is 1.21 bits per heavy atom. The highest BCUT2D eigenvalue weighted by molar-refractivity contribution is 6.31. The molecule has 2 heterocycles. The Hall–Kier alpha value is -2.59. The van der Waals surface area contributed by atoms with Gasteiger partial charge in [0.25, 0.3) is 0 Å². The first kappa shape index (κ1) is 29.1. The summed E-state index contributed by atoms with van der Waals surface area (Å²) in [7, 11) is 0. The van der Waals surface area contributed by atoms with Gasteiger partial charge in [-0.25, -0.2) is 0 Å². The first-order valence-corrected chi connectivity index (χ1v) is 15.6. The van der Waals surface area contributed by atoms with Crippen LogP contribution in [0.1, 0.15) is 62.5 Å². The average Bonchev–Trinajstić information content (AvgIpc) is 3.65. The number of rotatable bonds is 6. The predicted octanol–water partition coefficient (Wildman–Crippen LogP) is 4.28. The van der Waals surface area contributed by atoms with Gasteiger partial charge in [-0.3, -0.25) is 9.59 Å². The standard InChI is InChI=1S/C34H38ClNO7/c1-32-9-7-23(39)12-22(32)5-6-24-25-13-29-34(28(41)18-38,33(25,2)14-27(40)30(24)32)43-31(42-29)20-8-10-36(16-20)15-19-3-4-21(17-37)26(35)11-19/h3-4,7-12,16,24-25,27,29-31,37-38,40H,5-6,13-15,17-18H2,1-2H3/t24-,25-,27-,29+,30+,31+,32-,33-,34+/m0/s1. The maximum Gasteiger partial charge on any atom is 0.193 e. The van der Waals surface area contributed by atoms with E-state index in [-0.39, 0.29) is 30.1 Å². The molecule has 9 heteroatoms. The second-order valence-corrected chi connectivity index (χ2v) is 13.9. The molecule has 2 aromatic rings. The van der Waals surface area contributed by atoms with Crippen LogP contribution in [-0.2, 0) is 32.2 Å². The molecule has 0 radical (unpaired) electrons. The molecule has 1 aromatic heterocycles. The molecule has 4 fully saturated rings. The number of ketones is 2. The summed E-state index contributed by atoms with van der Waals surface area (Å²) in [6, 6.07) is 7.48. The largest absolute Gasteiger partial charge is 0.393 e. The molecule has 0 unspecified atom stereocenters. The highest BCUT2D eigenvalue weighted by Gasteiger charge is 2.75. The van der Waals surface area contributed by atoms with E-state index in [0.717, 1.165) is 29.5 Å². The minimum atomic E-state index is -1.38. The van der Waals surface area contributed by atoms with Crippen LogP contribution in [-0.4, -0.2) is 55.9 Å². The number of fused-ring (bicyclic) bond motifs is 7. The van der Waals surface area contributed by atoms with Crippen molar-refractivity contribution in [1.29, 1.82) is 0 Å². The number of carbonyl (C=O) groups excluding carboxylic acids is 2.